The van der Waals surface area contributed by atoms with Gasteiger partial charge in [0.25, 0.3) is 0 Å². The molecule has 1 saturated heterocycles. The average Bonchev–Trinajstić information content (AvgIpc) is 2.79. The molecule has 1 heterocycles. The average molecular weight is 309 g/mol. The van der Waals surface area contributed by atoms with Crippen molar-refractivity contribution >= 4 is 27.2 Å². The summed E-state index contributed by atoms with van der Waals surface area (Å²) < 4.78 is 23.3. The van der Waals surface area contributed by atoms with E-state index in [4.69, 9.17) is 0 Å². The second-order valence-electron chi connectivity index (χ2n) is 5.28. The van der Waals surface area contributed by atoms with E-state index in [1.165, 1.54) is 11.8 Å². The van der Waals surface area contributed by atoms with Crippen molar-refractivity contribution in [3.63, 3.8) is 0 Å². The van der Waals surface area contributed by atoms with E-state index in [9.17, 15) is 18.0 Å². The molecule has 1 aromatic rings. The maximum atomic E-state index is 12.2. The molecule has 0 aliphatic carbocycles. The zero-order valence-electron chi connectivity index (χ0n) is 12.2. The fourth-order valence-electron chi connectivity index (χ4n) is 2.58. The van der Waals surface area contributed by atoms with Crippen molar-refractivity contribution in [2.45, 2.75) is 32.7 Å². The summed E-state index contributed by atoms with van der Waals surface area (Å²) >= 11 is 0. The molecule has 21 heavy (non-hydrogen) atoms. The van der Waals surface area contributed by atoms with Crippen LogP contribution in [0.5, 0.6) is 0 Å². The van der Waals surface area contributed by atoms with E-state index in [1.807, 2.05) is 0 Å². The molecule has 1 aromatic carbocycles. The molecule has 1 aliphatic heterocycles. The van der Waals surface area contributed by atoms with Crippen LogP contribution in [0.3, 0.4) is 0 Å². The fraction of sp³-hybridized carbons (Fsp3) is 0.467. The fourth-order valence-corrected chi connectivity index (χ4v) is 4.28. The molecule has 1 aliphatic rings. The number of nitrogens with zero attached hydrogens (tertiary/aromatic N) is 1. The van der Waals surface area contributed by atoms with E-state index >= 15 is 0 Å². The van der Waals surface area contributed by atoms with Crippen LogP contribution in [0, 0.1) is 0 Å². The molecule has 0 spiro atoms. The molecule has 1 fully saturated rings. The summed E-state index contributed by atoms with van der Waals surface area (Å²) in [6, 6.07) is 6.45. The Morgan fingerprint density at radius 1 is 1.33 bits per heavy atom. The van der Waals surface area contributed by atoms with Crippen LogP contribution >= 0.6 is 0 Å². The molecule has 1 atom stereocenters. The Bertz CT molecular complexity index is 666. The third-order valence-corrected chi connectivity index (χ3v) is 5.43. The van der Waals surface area contributed by atoms with Gasteiger partial charge in [0.1, 0.15) is 0 Å². The van der Waals surface area contributed by atoms with E-state index < -0.39 is 9.84 Å². The summed E-state index contributed by atoms with van der Waals surface area (Å²) in [5.74, 6) is -0.113. The second kappa shape index (κ2) is 5.97. The van der Waals surface area contributed by atoms with Crippen LogP contribution in [-0.4, -0.2) is 37.7 Å². The Morgan fingerprint density at radius 2 is 2.05 bits per heavy atom. The lowest BCUT2D eigenvalue weighted by Gasteiger charge is -2.28. The third kappa shape index (κ3) is 3.50. The molecule has 1 amide bonds. The Kier molecular flexibility index (Phi) is 4.46. The lowest BCUT2D eigenvalue weighted by molar-refractivity contribution is -0.118. The molecule has 114 valence electrons. The predicted octanol–water partition coefficient (Wildman–Crippen LogP) is 1.82. The number of sulfone groups is 1. The number of anilines is 1. The highest BCUT2D eigenvalue weighted by atomic mass is 32.2. The van der Waals surface area contributed by atoms with Gasteiger partial charge in [-0.25, -0.2) is 8.42 Å². The zero-order valence-corrected chi connectivity index (χ0v) is 13.0. The maximum absolute atomic E-state index is 12.2. The highest BCUT2D eigenvalue weighted by molar-refractivity contribution is 7.91. The van der Waals surface area contributed by atoms with Gasteiger partial charge in [-0.05, 0) is 25.5 Å². The number of amides is 1. The zero-order chi connectivity index (χ0) is 15.6. The van der Waals surface area contributed by atoms with Crippen LogP contribution in [-0.2, 0) is 14.6 Å². The van der Waals surface area contributed by atoms with E-state index in [0.29, 0.717) is 24.1 Å². The van der Waals surface area contributed by atoms with Gasteiger partial charge in [-0.3, -0.25) is 9.59 Å². The van der Waals surface area contributed by atoms with Crippen molar-refractivity contribution in [3.05, 3.63) is 29.8 Å². The maximum Gasteiger partial charge on any atom is 0.226 e. The highest BCUT2D eigenvalue weighted by Gasteiger charge is 2.35. The first-order valence-corrected chi connectivity index (χ1v) is 8.79. The summed E-state index contributed by atoms with van der Waals surface area (Å²) in [6.07, 6.45) is 0.735. The van der Waals surface area contributed by atoms with Crippen molar-refractivity contribution in [3.8, 4) is 0 Å². The summed E-state index contributed by atoms with van der Waals surface area (Å²) in [4.78, 5) is 25.3. The first-order valence-electron chi connectivity index (χ1n) is 6.97. The minimum Gasteiger partial charge on any atom is -0.308 e. The molecule has 0 saturated carbocycles. The standard InChI is InChI=1S/C15H19NO4S/c1-3-15(18)16(14-7-8-21(19,20)10-14)13-6-4-5-12(9-13)11(2)17/h4-6,9,14H,3,7-8,10H2,1-2H3. The topological polar surface area (TPSA) is 71.5 Å². The monoisotopic (exact) mass is 309 g/mol. The van der Waals surface area contributed by atoms with Crippen LogP contribution in [0.4, 0.5) is 5.69 Å². The van der Waals surface area contributed by atoms with Crippen molar-refractivity contribution in [2.75, 3.05) is 16.4 Å². The Morgan fingerprint density at radius 3 is 2.57 bits per heavy atom. The molecule has 0 radical (unpaired) electrons. The number of Topliss-reactive ketones (excluding diaryl/α,β-unsaturated/α-hetero) is 1. The minimum atomic E-state index is -3.08. The van der Waals surface area contributed by atoms with Crippen molar-refractivity contribution in [2.24, 2.45) is 0 Å². The van der Waals surface area contributed by atoms with E-state index in [2.05, 4.69) is 0 Å². The molecule has 2 rings (SSSR count). The van der Waals surface area contributed by atoms with Crippen LogP contribution in [0.1, 0.15) is 37.0 Å². The summed E-state index contributed by atoms with van der Waals surface area (Å²) in [5, 5.41) is 0. The third-order valence-electron chi connectivity index (χ3n) is 3.68. The van der Waals surface area contributed by atoms with E-state index in [0.717, 1.165) is 0 Å². The Balaban J connectivity index is 2.39. The number of carbonyl (C=O) groups is 2. The first-order chi connectivity index (χ1) is 9.84. The van der Waals surface area contributed by atoms with Crippen LogP contribution in [0.15, 0.2) is 24.3 Å². The molecule has 0 bridgehead atoms. The van der Waals surface area contributed by atoms with Crippen LogP contribution in [0.25, 0.3) is 0 Å². The van der Waals surface area contributed by atoms with Gasteiger partial charge in [-0.15, -0.1) is 0 Å². The van der Waals surface area contributed by atoms with Crippen LogP contribution in [0.2, 0.25) is 0 Å². The molecular weight excluding hydrogens is 290 g/mol. The molecule has 5 nitrogen and oxygen atoms in total. The molecule has 0 aromatic heterocycles. The molecule has 6 heteroatoms. The molecule has 1 unspecified atom stereocenters. The lowest BCUT2D eigenvalue weighted by atomic mass is 10.1. The lowest BCUT2D eigenvalue weighted by Crippen LogP contribution is -2.41. The van der Waals surface area contributed by atoms with Gasteiger partial charge in [-0.1, -0.05) is 19.1 Å². The van der Waals surface area contributed by atoms with Gasteiger partial charge in [0, 0.05) is 17.7 Å². The normalized spacial score (nSPS) is 20.2. The van der Waals surface area contributed by atoms with Gasteiger partial charge < -0.3 is 4.90 Å². The van der Waals surface area contributed by atoms with Crippen molar-refractivity contribution in [1.82, 2.24) is 0 Å². The first kappa shape index (κ1) is 15.7. The van der Waals surface area contributed by atoms with Crippen molar-refractivity contribution in [1.29, 1.82) is 0 Å². The summed E-state index contributed by atoms with van der Waals surface area (Å²) in [5.41, 5.74) is 1.11. The van der Waals surface area contributed by atoms with Gasteiger partial charge in [0.15, 0.2) is 15.6 Å². The van der Waals surface area contributed by atoms with E-state index in [-0.39, 0.29) is 29.2 Å². The number of hydrogen-bond donors (Lipinski definition) is 0. The smallest absolute Gasteiger partial charge is 0.226 e. The SMILES string of the molecule is CCC(=O)N(c1cccc(C(C)=O)c1)C1CCS(=O)(=O)C1. The van der Waals surface area contributed by atoms with Gasteiger partial charge in [-0.2, -0.15) is 0 Å². The summed E-state index contributed by atoms with van der Waals surface area (Å²) in [6.45, 7) is 3.21. The number of rotatable bonds is 4. The quantitative estimate of drug-likeness (QED) is 0.795. The molecular formula is C15H19NO4S. The minimum absolute atomic E-state index is 0.0109. The number of carbonyl (C=O) groups excluding carboxylic acids is 2. The molecule has 0 N–H and O–H groups in total. The Hall–Kier alpha value is -1.69. The second-order valence-corrected chi connectivity index (χ2v) is 7.51. The van der Waals surface area contributed by atoms with Crippen LogP contribution < -0.4 is 4.90 Å². The van der Waals surface area contributed by atoms with Gasteiger partial charge in [0.05, 0.1) is 17.5 Å². The largest absolute Gasteiger partial charge is 0.308 e. The van der Waals surface area contributed by atoms with Gasteiger partial charge >= 0.3 is 0 Å². The Labute approximate surface area is 124 Å². The van der Waals surface area contributed by atoms with Gasteiger partial charge in [0.2, 0.25) is 5.91 Å². The number of benzene rings is 1. The number of ketones is 1. The highest BCUT2D eigenvalue weighted by Crippen LogP contribution is 2.26. The predicted molar refractivity (Wildman–Crippen MR) is 81.3 cm³/mol. The summed E-state index contributed by atoms with van der Waals surface area (Å²) in [7, 11) is -3.08. The van der Waals surface area contributed by atoms with E-state index in [1.54, 1.807) is 31.2 Å². The van der Waals surface area contributed by atoms with Crippen molar-refractivity contribution < 1.29 is 18.0 Å². The number of hydrogen-bond acceptors (Lipinski definition) is 4.